The molecule has 0 radical (unpaired) electrons. The monoisotopic (exact) mass is 339 g/mol. The van der Waals surface area contributed by atoms with Gasteiger partial charge in [0.2, 0.25) is 0 Å². The Balaban J connectivity index is 1.44. The number of halogens is 1. The molecule has 0 spiro atoms. The largest absolute Gasteiger partial charge is 0.328 e. The number of pyridine rings is 1. The van der Waals surface area contributed by atoms with Gasteiger partial charge in [-0.3, -0.25) is 14.5 Å². The van der Waals surface area contributed by atoms with E-state index in [1.54, 1.807) is 35.4 Å². The molecule has 2 amide bonds. The molecule has 0 bridgehead atoms. The van der Waals surface area contributed by atoms with Gasteiger partial charge in [-0.2, -0.15) is 5.10 Å². The number of rotatable bonds is 4. The third kappa shape index (κ3) is 2.83. The zero-order chi connectivity index (χ0) is 17.4. The van der Waals surface area contributed by atoms with Crippen molar-refractivity contribution in [2.75, 3.05) is 13.1 Å². The lowest BCUT2D eigenvalue weighted by molar-refractivity contribution is -0.155. The molecule has 25 heavy (non-hydrogen) atoms. The highest BCUT2D eigenvalue weighted by atomic mass is 19.1. The highest BCUT2D eigenvalue weighted by Gasteiger charge is 2.36. The number of piperazine rings is 1. The summed E-state index contributed by atoms with van der Waals surface area (Å²) in [7, 11) is 0. The molecule has 0 saturated carbocycles. The van der Waals surface area contributed by atoms with Crippen LogP contribution >= 0.6 is 0 Å². The molecule has 0 unspecified atom stereocenters. The molecular formula is C17H14FN5O2. The maximum atomic E-state index is 12.8. The molecule has 2 aliphatic rings. The van der Waals surface area contributed by atoms with Gasteiger partial charge in [0.1, 0.15) is 0 Å². The lowest BCUT2D eigenvalue weighted by Gasteiger charge is -2.35. The number of carbonyl (C=O) groups is 2. The van der Waals surface area contributed by atoms with Crippen molar-refractivity contribution in [1.82, 2.24) is 24.6 Å². The zero-order valence-corrected chi connectivity index (χ0v) is 13.2. The molecule has 4 rings (SSSR count). The molecule has 2 aromatic rings. The molecule has 0 atom stereocenters. The summed E-state index contributed by atoms with van der Waals surface area (Å²) in [5, 5.41) is 4.10. The molecule has 0 aromatic carbocycles. The average Bonchev–Trinajstić information content (AvgIpc) is 3.12. The normalized spacial score (nSPS) is 17.3. The number of hydrogen-bond donors (Lipinski definition) is 0. The molecule has 7 nitrogen and oxygen atoms in total. The third-order valence-corrected chi connectivity index (χ3v) is 4.16. The third-order valence-electron chi connectivity index (χ3n) is 4.16. The maximum absolute atomic E-state index is 12.8. The van der Waals surface area contributed by atoms with Crippen LogP contribution in [0.5, 0.6) is 0 Å². The van der Waals surface area contributed by atoms with E-state index in [4.69, 9.17) is 0 Å². The minimum absolute atomic E-state index is 0.0673. The van der Waals surface area contributed by atoms with Crippen molar-refractivity contribution in [2.45, 2.75) is 13.0 Å². The Bertz CT molecular complexity index is 898. The first kappa shape index (κ1) is 15.3. The van der Waals surface area contributed by atoms with Crippen LogP contribution in [0.3, 0.4) is 0 Å². The van der Waals surface area contributed by atoms with Crippen molar-refractivity contribution in [2.24, 2.45) is 0 Å². The van der Waals surface area contributed by atoms with Gasteiger partial charge in [0.25, 0.3) is 0 Å². The van der Waals surface area contributed by atoms with E-state index in [0.29, 0.717) is 31.1 Å². The van der Waals surface area contributed by atoms with Crippen LogP contribution in [0, 0.1) is 0 Å². The molecule has 3 heterocycles. The van der Waals surface area contributed by atoms with E-state index in [2.05, 4.69) is 15.8 Å². The Morgan fingerprint density at radius 2 is 2.04 bits per heavy atom. The Morgan fingerprint density at radius 3 is 2.68 bits per heavy atom. The lowest BCUT2D eigenvalue weighted by Crippen LogP contribution is -2.53. The number of nitrogens with zero attached hydrogens (tertiary/aromatic N) is 5. The van der Waals surface area contributed by atoms with Gasteiger partial charge in [0.15, 0.2) is 11.6 Å². The molecule has 1 saturated heterocycles. The second kappa shape index (κ2) is 5.99. The van der Waals surface area contributed by atoms with E-state index in [-0.39, 0.29) is 12.2 Å². The summed E-state index contributed by atoms with van der Waals surface area (Å²) < 4.78 is 14.4. The Hall–Kier alpha value is -3.25. The Morgan fingerprint density at radius 1 is 1.20 bits per heavy atom. The molecular weight excluding hydrogens is 325 g/mol. The van der Waals surface area contributed by atoms with Crippen LogP contribution in [0.1, 0.15) is 12.0 Å². The molecule has 8 heteroatoms. The molecule has 0 N–H and O–H groups in total. The van der Waals surface area contributed by atoms with Gasteiger partial charge in [-0.15, -0.1) is 0 Å². The van der Waals surface area contributed by atoms with Crippen LogP contribution in [0.15, 0.2) is 54.0 Å². The predicted octanol–water partition coefficient (Wildman–Crippen LogP) is 1.18. The second-order valence-corrected chi connectivity index (χ2v) is 5.81. The summed E-state index contributed by atoms with van der Waals surface area (Å²) in [5.41, 5.74) is 3.69. The second-order valence-electron chi connectivity index (χ2n) is 5.81. The number of hydrogen-bond acceptors (Lipinski definition) is 4. The van der Waals surface area contributed by atoms with Crippen LogP contribution < -0.4 is 0 Å². The van der Waals surface area contributed by atoms with Crippen molar-refractivity contribution in [3.05, 3.63) is 59.6 Å². The first-order valence-electron chi connectivity index (χ1n) is 7.82. The van der Waals surface area contributed by atoms with E-state index < -0.39 is 11.8 Å². The van der Waals surface area contributed by atoms with Crippen LogP contribution in [0.2, 0.25) is 0 Å². The summed E-state index contributed by atoms with van der Waals surface area (Å²) in [6, 6.07) is 5.45. The Kier molecular flexibility index (Phi) is 3.66. The quantitative estimate of drug-likeness (QED) is 0.619. The summed E-state index contributed by atoms with van der Waals surface area (Å²) >= 11 is 0. The van der Waals surface area contributed by atoms with E-state index in [1.165, 1.54) is 9.80 Å². The van der Waals surface area contributed by atoms with Crippen LogP contribution in [0.4, 0.5) is 4.39 Å². The van der Waals surface area contributed by atoms with Gasteiger partial charge in [-0.1, -0.05) is 11.8 Å². The highest BCUT2D eigenvalue weighted by Crippen LogP contribution is 2.25. The summed E-state index contributed by atoms with van der Waals surface area (Å²) in [5.74, 6) is -0.945. The number of amides is 2. The fraction of sp³-hybridized carbons (Fsp3) is 0.235. The van der Waals surface area contributed by atoms with E-state index in [9.17, 15) is 14.0 Å². The standard InChI is InChI=1S/C17H14FN5O2/c18-13-8-14(9-13)22-7-6-21(16(24)17(22)25)11-12-2-3-15(19-10-12)23-5-1-4-20-23/h1-5,10H,6-8,11H2. The zero-order valence-electron chi connectivity index (χ0n) is 13.2. The average molecular weight is 339 g/mol. The van der Waals surface area contributed by atoms with Gasteiger partial charge in [0.05, 0.1) is 12.1 Å². The summed E-state index contributed by atoms with van der Waals surface area (Å²) in [6.45, 7) is 1.03. The van der Waals surface area contributed by atoms with Crippen molar-refractivity contribution < 1.29 is 14.0 Å². The van der Waals surface area contributed by atoms with Crippen molar-refractivity contribution >= 4 is 11.8 Å². The first-order chi connectivity index (χ1) is 12.1. The van der Waals surface area contributed by atoms with Crippen LogP contribution in [-0.4, -0.2) is 49.5 Å². The number of aromatic nitrogens is 3. The van der Waals surface area contributed by atoms with E-state index in [0.717, 1.165) is 5.56 Å². The molecule has 1 aliphatic heterocycles. The van der Waals surface area contributed by atoms with Crippen molar-refractivity contribution in [1.29, 1.82) is 0 Å². The van der Waals surface area contributed by atoms with Crippen LogP contribution in [-0.2, 0) is 16.1 Å². The fourth-order valence-corrected chi connectivity index (χ4v) is 2.80. The van der Waals surface area contributed by atoms with Crippen LogP contribution in [0.25, 0.3) is 5.82 Å². The highest BCUT2D eigenvalue weighted by molar-refractivity contribution is 6.35. The van der Waals surface area contributed by atoms with Crippen molar-refractivity contribution in [3.63, 3.8) is 0 Å². The first-order valence-corrected chi connectivity index (χ1v) is 7.82. The van der Waals surface area contributed by atoms with Gasteiger partial charge >= 0.3 is 11.8 Å². The smallest absolute Gasteiger partial charge is 0.316 e. The SMILES string of the molecule is O=C1C(=O)N(C2=C=C(F)C2)CCN1Cc1ccc(-n2cccn2)nc1. The van der Waals surface area contributed by atoms with E-state index in [1.807, 2.05) is 6.07 Å². The minimum atomic E-state index is -0.637. The van der Waals surface area contributed by atoms with E-state index >= 15 is 0 Å². The van der Waals surface area contributed by atoms with Gasteiger partial charge in [-0.25, -0.2) is 14.1 Å². The minimum Gasteiger partial charge on any atom is -0.328 e. The van der Waals surface area contributed by atoms with Gasteiger partial charge < -0.3 is 4.90 Å². The maximum Gasteiger partial charge on any atom is 0.316 e. The molecule has 1 aliphatic carbocycles. The predicted molar refractivity (Wildman–Crippen MR) is 84.8 cm³/mol. The summed E-state index contributed by atoms with van der Waals surface area (Å²) in [6.07, 6.45) is 5.18. The van der Waals surface area contributed by atoms with Crippen molar-refractivity contribution in [3.8, 4) is 5.82 Å². The molecule has 1 fully saturated rings. The topological polar surface area (TPSA) is 71.3 Å². The lowest BCUT2D eigenvalue weighted by atomic mass is 10.1. The van der Waals surface area contributed by atoms with Gasteiger partial charge in [-0.05, 0) is 17.7 Å². The summed E-state index contributed by atoms with van der Waals surface area (Å²) in [4.78, 5) is 31.6. The fourth-order valence-electron chi connectivity index (χ4n) is 2.80. The number of carbonyl (C=O) groups excluding carboxylic acids is 2. The molecule has 126 valence electrons. The van der Waals surface area contributed by atoms with Gasteiger partial charge in [0, 0.05) is 38.2 Å². The molecule has 2 aromatic heterocycles. The Labute approximate surface area is 142 Å².